The zero-order valence-electron chi connectivity index (χ0n) is 9.75. The minimum atomic E-state index is -0.280. The van der Waals surface area contributed by atoms with Crippen LogP contribution in [0, 0.1) is 0 Å². The summed E-state index contributed by atoms with van der Waals surface area (Å²) in [5.74, 6) is -0.280. The summed E-state index contributed by atoms with van der Waals surface area (Å²) in [5, 5.41) is 6.60. The maximum atomic E-state index is 12.0. The van der Waals surface area contributed by atoms with Gasteiger partial charge in [0.05, 0.1) is 11.4 Å². The van der Waals surface area contributed by atoms with Gasteiger partial charge in [0.15, 0.2) is 0 Å². The van der Waals surface area contributed by atoms with Crippen LogP contribution in [0.15, 0.2) is 53.6 Å². The van der Waals surface area contributed by atoms with Crippen LogP contribution in [0.1, 0.15) is 10.4 Å². The van der Waals surface area contributed by atoms with E-state index in [1.807, 2.05) is 6.07 Å². The molecule has 19 heavy (non-hydrogen) atoms. The third-order valence-corrected chi connectivity index (χ3v) is 2.63. The number of amides is 1. The van der Waals surface area contributed by atoms with Crippen molar-refractivity contribution in [3.63, 3.8) is 0 Å². The Labute approximate surface area is 114 Å². The Bertz CT molecular complexity index is 651. The summed E-state index contributed by atoms with van der Waals surface area (Å²) in [6.45, 7) is 0. The summed E-state index contributed by atoms with van der Waals surface area (Å²) in [6, 6.07) is 13.4. The van der Waals surface area contributed by atoms with Crippen LogP contribution >= 0.6 is 11.6 Å². The number of carbonyl (C=O) groups is 1. The average Bonchev–Trinajstić information content (AvgIpc) is 2.43. The monoisotopic (exact) mass is 272 g/mol. The zero-order valence-corrected chi connectivity index (χ0v) is 10.5. The van der Waals surface area contributed by atoms with Gasteiger partial charge >= 0.3 is 0 Å². The number of carbonyl (C=O) groups excluding carboxylic acids is 1. The molecule has 0 saturated heterocycles. The summed E-state index contributed by atoms with van der Waals surface area (Å²) in [4.78, 5) is 14.7. The summed E-state index contributed by atoms with van der Waals surface area (Å²) in [7, 11) is 0. The predicted octanol–water partition coefficient (Wildman–Crippen LogP) is 4.53. The van der Waals surface area contributed by atoms with Gasteiger partial charge in [0.25, 0.3) is 5.91 Å². The van der Waals surface area contributed by atoms with Gasteiger partial charge in [-0.05, 0) is 35.9 Å². The number of azide groups is 1. The molecule has 0 aromatic heterocycles. The first-order valence-corrected chi connectivity index (χ1v) is 5.79. The van der Waals surface area contributed by atoms with Crippen LogP contribution in [0.2, 0.25) is 5.02 Å². The van der Waals surface area contributed by atoms with E-state index in [9.17, 15) is 4.79 Å². The van der Waals surface area contributed by atoms with Crippen LogP contribution in [0.5, 0.6) is 0 Å². The molecule has 2 aromatic rings. The number of halogens is 1. The van der Waals surface area contributed by atoms with Crippen molar-refractivity contribution < 1.29 is 4.79 Å². The highest BCUT2D eigenvalue weighted by Crippen LogP contribution is 2.29. The van der Waals surface area contributed by atoms with E-state index >= 15 is 0 Å². The Kier molecular flexibility index (Phi) is 4.03. The van der Waals surface area contributed by atoms with Gasteiger partial charge < -0.3 is 5.32 Å². The normalized spacial score (nSPS) is 9.53. The molecule has 0 unspecified atom stereocenters. The fourth-order valence-corrected chi connectivity index (χ4v) is 1.69. The molecule has 94 valence electrons. The molecule has 0 aliphatic carbocycles. The summed E-state index contributed by atoms with van der Waals surface area (Å²) < 4.78 is 0. The van der Waals surface area contributed by atoms with Crippen molar-refractivity contribution in [2.24, 2.45) is 5.11 Å². The van der Waals surface area contributed by atoms with Crippen molar-refractivity contribution in [2.75, 3.05) is 5.32 Å². The highest BCUT2D eigenvalue weighted by atomic mass is 35.5. The molecule has 0 radical (unpaired) electrons. The number of rotatable bonds is 3. The first kappa shape index (κ1) is 13.0. The van der Waals surface area contributed by atoms with E-state index in [-0.39, 0.29) is 11.6 Å². The van der Waals surface area contributed by atoms with Gasteiger partial charge in [-0.3, -0.25) is 4.79 Å². The first-order chi connectivity index (χ1) is 9.20. The minimum absolute atomic E-state index is 0.277. The van der Waals surface area contributed by atoms with E-state index < -0.39 is 0 Å². The van der Waals surface area contributed by atoms with Crippen molar-refractivity contribution >= 4 is 28.9 Å². The molecular formula is C13H9ClN4O. The second-order valence-corrected chi connectivity index (χ2v) is 4.11. The molecule has 6 heteroatoms. The number of nitrogens with one attached hydrogen (secondary N) is 1. The highest BCUT2D eigenvalue weighted by molar-refractivity contribution is 6.31. The van der Waals surface area contributed by atoms with Gasteiger partial charge in [-0.15, -0.1) is 0 Å². The van der Waals surface area contributed by atoms with E-state index in [1.165, 1.54) is 6.07 Å². The van der Waals surface area contributed by atoms with Gasteiger partial charge in [-0.25, -0.2) is 0 Å². The SMILES string of the molecule is [N-]=[N+]=Nc1cc(Cl)ccc1NC(=O)c1ccccc1. The molecule has 0 atom stereocenters. The Morgan fingerprint density at radius 1 is 1.21 bits per heavy atom. The van der Waals surface area contributed by atoms with E-state index in [4.69, 9.17) is 17.1 Å². The summed E-state index contributed by atoms with van der Waals surface area (Å²) in [5.41, 5.74) is 9.70. The molecule has 1 amide bonds. The standard InChI is InChI=1S/C13H9ClN4O/c14-10-6-7-11(12(8-10)17-18-15)16-13(19)9-4-2-1-3-5-9/h1-8H,(H,16,19). The zero-order chi connectivity index (χ0) is 13.7. The van der Waals surface area contributed by atoms with Crippen LogP contribution in [-0.2, 0) is 0 Å². The number of hydrogen-bond donors (Lipinski definition) is 1. The Hall–Kier alpha value is -2.49. The molecule has 5 nitrogen and oxygen atoms in total. The lowest BCUT2D eigenvalue weighted by Crippen LogP contribution is -2.11. The summed E-state index contributed by atoms with van der Waals surface area (Å²) >= 11 is 5.81. The van der Waals surface area contributed by atoms with Gasteiger partial charge in [0, 0.05) is 15.5 Å². The fraction of sp³-hybridized carbons (Fsp3) is 0. The molecule has 0 bridgehead atoms. The first-order valence-electron chi connectivity index (χ1n) is 5.42. The lowest BCUT2D eigenvalue weighted by atomic mass is 10.2. The topological polar surface area (TPSA) is 77.9 Å². The largest absolute Gasteiger partial charge is 0.322 e. The molecular weight excluding hydrogens is 264 g/mol. The van der Waals surface area contributed by atoms with Gasteiger partial charge in [-0.1, -0.05) is 34.9 Å². The Balaban J connectivity index is 2.29. The van der Waals surface area contributed by atoms with E-state index in [2.05, 4.69) is 15.3 Å². The Morgan fingerprint density at radius 3 is 2.63 bits per heavy atom. The van der Waals surface area contributed by atoms with Crippen LogP contribution in [0.3, 0.4) is 0 Å². The van der Waals surface area contributed by atoms with Crippen LogP contribution < -0.4 is 5.32 Å². The number of anilines is 1. The van der Waals surface area contributed by atoms with Gasteiger partial charge in [0.1, 0.15) is 0 Å². The molecule has 0 fully saturated rings. The van der Waals surface area contributed by atoms with Crippen molar-refractivity contribution in [3.8, 4) is 0 Å². The molecule has 0 saturated carbocycles. The molecule has 1 N–H and O–H groups in total. The molecule has 0 aliphatic rings. The van der Waals surface area contributed by atoms with Crippen molar-refractivity contribution in [1.82, 2.24) is 0 Å². The molecule has 2 rings (SSSR count). The van der Waals surface area contributed by atoms with Crippen LogP contribution in [0.25, 0.3) is 10.4 Å². The number of hydrogen-bond acceptors (Lipinski definition) is 2. The molecule has 0 heterocycles. The Morgan fingerprint density at radius 2 is 1.95 bits per heavy atom. The van der Waals surface area contributed by atoms with Crippen molar-refractivity contribution in [1.29, 1.82) is 0 Å². The average molecular weight is 273 g/mol. The van der Waals surface area contributed by atoms with E-state index in [1.54, 1.807) is 36.4 Å². The van der Waals surface area contributed by atoms with E-state index in [0.717, 1.165) is 0 Å². The lowest BCUT2D eigenvalue weighted by Gasteiger charge is -2.08. The number of benzene rings is 2. The minimum Gasteiger partial charge on any atom is -0.322 e. The van der Waals surface area contributed by atoms with Crippen LogP contribution in [0.4, 0.5) is 11.4 Å². The molecule has 0 aliphatic heterocycles. The summed E-state index contributed by atoms with van der Waals surface area (Å²) in [6.07, 6.45) is 0. The second kappa shape index (κ2) is 5.91. The fourth-order valence-electron chi connectivity index (χ4n) is 1.53. The van der Waals surface area contributed by atoms with Gasteiger partial charge in [-0.2, -0.15) is 0 Å². The van der Waals surface area contributed by atoms with Crippen molar-refractivity contribution in [2.45, 2.75) is 0 Å². The second-order valence-electron chi connectivity index (χ2n) is 3.67. The van der Waals surface area contributed by atoms with Gasteiger partial charge in [0.2, 0.25) is 0 Å². The van der Waals surface area contributed by atoms with E-state index in [0.29, 0.717) is 16.3 Å². The maximum Gasteiger partial charge on any atom is 0.255 e. The quantitative estimate of drug-likeness (QED) is 0.497. The van der Waals surface area contributed by atoms with Crippen molar-refractivity contribution in [3.05, 3.63) is 69.6 Å². The maximum absolute atomic E-state index is 12.0. The molecule has 0 spiro atoms. The third kappa shape index (κ3) is 3.25. The number of nitrogens with zero attached hydrogens (tertiary/aromatic N) is 3. The highest BCUT2D eigenvalue weighted by Gasteiger charge is 2.08. The predicted molar refractivity (Wildman–Crippen MR) is 74.7 cm³/mol. The lowest BCUT2D eigenvalue weighted by molar-refractivity contribution is 0.102. The third-order valence-electron chi connectivity index (χ3n) is 2.40. The molecule has 2 aromatic carbocycles. The van der Waals surface area contributed by atoms with Crippen LogP contribution in [-0.4, -0.2) is 5.91 Å². The smallest absolute Gasteiger partial charge is 0.255 e.